The van der Waals surface area contributed by atoms with Gasteiger partial charge in [0.15, 0.2) is 0 Å². The third kappa shape index (κ3) is 3.25. The molecule has 5 heteroatoms. The molecule has 0 fully saturated rings. The van der Waals surface area contributed by atoms with E-state index in [-0.39, 0.29) is 11.7 Å². The van der Waals surface area contributed by atoms with Gasteiger partial charge in [-0.3, -0.25) is 4.79 Å². The van der Waals surface area contributed by atoms with E-state index in [1.54, 1.807) is 18.0 Å². The molecule has 0 aliphatic carbocycles. The molecule has 0 radical (unpaired) electrons. The van der Waals surface area contributed by atoms with E-state index < -0.39 is 0 Å². The molecule has 0 spiro atoms. The van der Waals surface area contributed by atoms with Gasteiger partial charge in [0.2, 0.25) is 5.76 Å². The van der Waals surface area contributed by atoms with Crippen molar-refractivity contribution < 1.29 is 9.32 Å². The average molecular weight is 269 g/mol. The van der Waals surface area contributed by atoms with E-state index in [0.717, 1.165) is 11.1 Å². The van der Waals surface area contributed by atoms with Gasteiger partial charge in [-0.15, -0.1) is 0 Å². The number of hydrogen-bond donors (Lipinski definition) is 1. The third-order valence-corrected chi connectivity index (χ3v) is 2.75. The van der Waals surface area contributed by atoms with Crippen LogP contribution in [0.25, 0.3) is 0 Å². The SMILES string of the molecule is CN(Cc1ccccc1C#CCN)C(=O)c1ccno1. The normalized spacial score (nSPS) is 9.70. The molecule has 20 heavy (non-hydrogen) atoms. The number of benzene rings is 1. The van der Waals surface area contributed by atoms with Gasteiger partial charge in [-0.05, 0) is 11.6 Å². The fourth-order valence-corrected chi connectivity index (χ4v) is 1.77. The molecular formula is C15H15N3O2. The zero-order chi connectivity index (χ0) is 14.4. The molecule has 0 atom stereocenters. The monoisotopic (exact) mass is 269 g/mol. The molecule has 2 aromatic rings. The van der Waals surface area contributed by atoms with Gasteiger partial charge in [-0.2, -0.15) is 0 Å². The summed E-state index contributed by atoms with van der Waals surface area (Å²) in [5.41, 5.74) is 7.21. The van der Waals surface area contributed by atoms with E-state index in [0.29, 0.717) is 13.1 Å². The Hall–Kier alpha value is -2.58. The summed E-state index contributed by atoms with van der Waals surface area (Å²) in [4.78, 5) is 13.6. The first-order valence-electron chi connectivity index (χ1n) is 6.15. The first kappa shape index (κ1) is 13.8. The Labute approximate surface area is 117 Å². The van der Waals surface area contributed by atoms with Crippen molar-refractivity contribution in [1.82, 2.24) is 10.1 Å². The van der Waals surface area contributed by atoms with Crippen molar-refractivity contribution in [1.29, 1.82) is 0 Å². The highest BCUT2D eigenvalue weighted by Gasteiger charge is 2.16. The fourth-order valence-electron chi connectivity index (χ4n) is 1.77. The number of hydrogen-bond acceptors (Lipinski definition) is 4. The molecular weight excluding hydrogens is 254 g/mol. The second-order valence-electron chi connectivity index (χ2n) is 4.20. The summed E-state index contributed by atoms with van der Waals surface area (Å²) in [6.45, 7) is 0.746. The lowest BCUT2D eigenvalue weighted by molar-refractivity contribution is 0.0743. The first-order valence-corrected chi connectivity index (χ1v) is 6.15. The summed E-state index contributed by atoms with van der Waals surface area (Å²) in [5, 5.41) is 3.53. The maximum absolute atomic E-state index is 12.1. The third-order valence-electron chi connectivity index (χ3n) is 2.75. The minimum absolute atomic E-state index is 0.218. The Morgan fingerprint density at radius 2 is 2.20 bits per heavy atom. The van der Waals surface area contributed by atoms with Crippen LogP contribution in [-0.2, 0) is 6.54 Å². The van der Waals surface area contributed by atoms with Crippen LogP contribution in [0.2, 0.25) is 0 Å². The highest BCUT2D eigenvalue weighted by Crippen LogP contribution is 2.12. The van der Waals surface area contributed by atoms with Crippen LogP contribution in [0.3, 0.4) is 0 Å². The number of carbonyl (C=O) groups is 1. The van der Waals surface area contributed by atoms with Crippen molar-refractivity contribution in [2.45, 2.75) is 6.54 Å². The van der Waals surface area contributed by atoms with Gasteiger partial charge in [-0.1, -0.05) is 35.2 Å². The van der Waals surface area contributed by atoms with Crippen LogP contribution in [0.4, 0.5) is 0 Å². The van der Waals surface area contributed by atoms with Crippen LogP contribution in [0.5, 0.6) is 0 Å². The largest absolute Gasteiger partial charge is 0.351 e. The number of nitrogens with two attached hydrogens (primary N) is 1. The van der Waals surface area contributed by atoms with Crippen LogP contribution in [0, 0.1) is 11.8 Å². The van der Waals surface area contributed by atoms with Gasteiger partial charge in [0.1, 0.15) is 0 Å². The second-order valence-corrected chi connectivity index (χ2v) is 4.20. The molecule has 1 aromatic heterocycles. The molecule has 2 rings (SSSR count). The minimum atomic E-state index is -0.218. The van der Waals surface area contributed by atoms with E-state index in [1.165, 1.54) is 6.20 Å². The molecule has 5 nitrogen and oxygen atoms in total. The Kier molecular flexibility index (Phi) is 4.53. The Morgan fingerprint density at radius 3 is 2.90 bits per heavy atom. The van der Waals surface area contributed by atoms with Crippen LogP contribution >= 0.6 is 0 Å². The van der Waals surface area contributed by atoms with Crippen molar-refractivity contribution >= 4 is 5.91 Å². The predicted octanol–water partition coefficient (Wildman–Crippen LogP) is 1.26. The van der Waals surface area contributed by atoms with E-state index in [9.17, 15) is 4.79 Å². The Morgan fingerprint density at radius 1 is 1.40 bits per heavy atom. The molecule has 1 aromatic carbocycles. The molecule has 0 saturated carbocycles. The van der Waals surface area contributed by atoms with Gasteiger partial charge in [0.05, 0.1) is 12.7 Å². The zero-order valence-corrected chi connectivity index (χ0v) is 11.2. The van der Waals surface area contributed by atoms with Gasteiger partial charge in [0, 0.05) is 25.2 Å². The average Bonchev–Trinajstić information content (AvgIpc) is 2.99. The standard InChI is InChI=1S/C15H15N3O2/c1-18(15(19)14-8-10-17-20-14)11-13-6-3-2-5-12(13)7-4-9-16/h2-3,5-6,8,10H,9,11,16H2,1H3. The highest BCUT2D eigenvalue weighted by atomic mass is 16.5. The van der Waals surface area contributed by atoms with Crippen molar-refractivity contribution in [3.05, 3.63) is 53.4 Å². The van der Waals surface area contributed by atoms with Gasteiger partial charge >= 0.3 is 0 Å². The molecule has 102 valence electrons. The van der Waals surface area contributed by atoms with Gasteiger partial charge < -0.3 is 15.2 Å². The van der Waals surface area contributed by atoms with Crippen molar-refractivity contribution in [2.75, 3.05) is 13.6 Å². The summed E-state index contributed by atoms with van der Waals surface area (Å²) < 4.78 is 4.86. The lowest BCUT2D eigenvalue weighted by Gasteiger charge is -2.16. The van der Waals surface area contributed by atoms with Crippen LogP contribution in [0.1, 0.15) is 21.7 Å². The lowest BCUT2D eigenvalue weighted by atomic mass is 10.1. The molecule has 0 aliphatic rings. The van der Waals surface area contributed by atoms with Gasteiger partial charge in [-0.25, -0.2) is 0 Å². The Bertz CT molecular complexity index is 639. The molecule has 2 N–H and O–H groups in total. The van der Waals surface area contributed by atoms with E-state index in [1.807, 2.05) is 24.3 Å². The molecule has 1 heterocycles. The molecule has 0 aliphatic heterocycles. The van der Waals surface area contributed by atoms with E-state index in [4.69, 9.17) is 10.3 Å². The smallest absolute Gasteiger partial charge is 0.292 e. The number of nitrogens with zero attached hydrogens (tertiary/aromatic N) is 2. The lowest BCUT2D eigenvalue weighted by Crippen LogP contribution is -2.26. The summed E-state index contributed by atoms with van der Waals surface area (Å²) in [5.74, 6) is 5.83. The van der Waals surface area contributed by atoms with Gasteiger partial charge in [0.25, 0.3) is 5.91 Å². The number of amides is 1. The predicted molar refractivity (Wildman–Crippen MR) is 74.7 cm³/mol. The molecule has 1 amide bonds. The fraction of sp³-hybridized carbons (Fsp3) is 0.200. The van der Waals surface area contributed by atoms with Crippen molar-refractivity contribution in [2.24, 2.45) is 5.73 Å². The molecule has 0 saturated heterocycles. The first-order chi connectivity index (χ1) is 9.72. The Balaban J connectivity index is 2.15. The van der Waals surface area contributed by atoms with Crippen molar-refractivity contribution in [3.8, 4) is 11.8 Å². The van der Waals surface area contributed by atoms with E-state index >= 15 is 0 Å². The number of rotatable bonds is 3. The van der Waals surface area contributed by atoms with Crippen molar-refractivity contribution in [3.63, 3.8) is 0 Å². The number of carbonyl (C=O) groups excluding carboxylic acids is 1. The van der Waals surface area contributed by atoms with Crippen LogP contribution in [-0.4, -0.2) is 29.6 Å². The summed E-state index contributed by atoms with van der Waals surface area (Å²) in [6, 6.07) is 9.20. The minimum Gasteiger partial charge on any atom is -0.351 e. The zero-order valence-electron chi connectivity index (χ0n) is 11.2. The molecule has 0 unspecified atom stereocenters. The summed E-state index contributed by atoms with van der Waals surface area (Å²) >= 11 is 0. The highest BCUT2D eigenvalue weighted by molar-refractivity contribution is 5.91. The van der Waals surface area contributed by atoms with Crippen LogP contribution < -0.4 is 5.73 Å². The maximum Gasteiger partial charge on any atom is 0.292 e. The summed E-state index contributed by atoms with van der Waals surface area (Å²) in [7, 11) is 1.71. The molecule has 0 bridgehead atoms. The van der Waals surface area contributed by atoms with Crippen LogP contribution in [0.15, 0.2) is 41.1 Å². The van der Waals surface area contributed by atoms with E-state index in [2.05, 4.69) is 17.0 Å². The second kappa shape index (κ2) is 6.55. The maximum atomic E-state index is 12.1. The summed E-state index contributed by atoms with van der Waals surface area (Å²) in [6.07, 6.45) is 1.45. The quantitative estimate of drug-likeness (QED) is 0.851. The topological polar surface area (TPSA) is 72.4 Å². The number of aromatic nitrogens is 1.